The highest BCUT2D eigenvalue weighted by atomic mass is 79.9. The molecule has 0 spiro atoms. The van der Waals surface area contributed by atoms with Crippen molar-refractivity contribution in [3.63, 3.8) is 0 Å². The molecule has 3 N–H and O–H groups in total. The fraction of sp³-hybridized carbons (Fsp3) is 0.400. The summed E-state index contributed by atoms with van der Waals surface area (Å²) in [6, 6.07) is 0.761. The summed E-state index contributed by atoms with van der Waals surface area (Å²) < 4.78 is 1.03. The predicted molar refractivity (Wildman–Crippen MR) is 70.7 cm³/mol. The number of thiophene rings is 1. The molecule has 0 radical (unpaired) electrons. The van der Waals surface area contributed by atoms with E-state index in [1.807, 2.05) is 23.4 Å². The number of hydrogen-bond acceptors (Lipinski definition) is 4. The van der Waals surface area contributed by atoms with E-state index in [4.69, 9.17) is 5.73 Å². The van der Waals surface area contributed by atoms with Gasteiger partial charge in [0, 0.05) is 21.3 Å². The van der Waals surface area contributed by atoms with E-state index >= 15 is 0 Å². The van der Waals surface area contributed by atoms with Gasteiger partial charge in [-0.05, 0) is 36.0 Å². The van der Waals surface area contributed by atoms with Crippen LogP contribution < -0.4 is 11.1 Å². The Hall–Kier alpha value is -0.920. The normalized spacial score (nSPS) is 12.5. The van der Waals surface area contributed by atoms with Gasteiger partial charge in [0.15, 0.2) is 0 Å². The van der Waals surface area contributed by atoms with E-state index in [9.17, 15) is 9.59 Å². The molecule has 5 nitrogen and oxygen atoms in total. The Labute approximate surface area is 112 Å². The molecule has 3 amide bonds. The van der Waals surface area contributed by atoms with Gasteiger partial charge in [-0.3, -0.25) is 15.0 Å². The van der Waals surface area contributed by atoms with Gasteiger partial charge in [0.25, 0.3) is 0 Å². The van der Waals surface area contributed by atoms with Crippen molar-refractivity contribution in [2.24, 2.45) is 5.73 Å². The molecule has 0 fully saturated rings. The maximum Gasteiger partial charge on any atom is 0.318 e. The van der Waals surface area contributed by atoms with Crippen LogP contribution in [-0.4, -0.2) is 29.9 Å². The molecule has 1 heterocycles. The summed E-state index contributed by atoms with van der Waals surface area (Å²) >= 11 is 4.98. The summed E-state index contributed by atoms with van der Waals surface area (Å²) in [5, 5.41) is 4.05. The van der Waals surface area contributed by atoms with E-state index in [2.05, 4.69) is 21.2 Å². The molecule has 0 saturated carbocycles. The molecule has 0 unspecified atom stereocenters. The minimum Gasteiger partial charge on any atom is -0.351 e. The zero-order valence-electron chi connectivity index (χ0n) is 9.57. The highest BCUT2D eigenvalue weighted by Gasteiger charge is 2.19. The average molecular weight is 320 g/mol. The van der Waals surface area contributed by atoms with Gasteiger partial charge >= 0.3 is 6.03 Å². The number of primary amides is 1. The molecule has 0 aliphatic rings. The first-order valence-electron chi connectivity index (χ1n) is 4.93. The van der Waals surface area contributed by atoms with Gasteiger partial charge in [0.1, 0.15) is 0 Å². The second kappa shape index (κ2) is 6.13. The minimum atomic E-state index is -0.825. The van der Waals surface area contributed by atoms with Crippen molar-refractivity contribution in [3.8, 4) is 0 Å². The van der Waals surface area contributed by atoms with Crippen LogP contribution in [0.25, 0.3) is 0 Å². The molecule has 0 saturated heterocycles. The number of likely N-dealkylation sites (N-methyl/N-ethyl adjacent to an activating group) is 1. The molecule has 7 heteroatoms. The van der Waals surface area contributed by atoms with Gasteiger partial charge in [-0.25, -0.2) is 4.79 Å². The Balaban J connectivity index is 2.54. The molecule has 94 valence electrons. The number of urea groups is 1. The standard InChI is InChI=1S/C10H14BrN3O2S/c1-6(9(15)13-10(12)16)14(2)4-8-3-7(11)5-17-8/h3,5-6H,4H2,1-2H3,(H3,12,13,15,16)/t6-/m1/s1. The summed E-state index contributed by atoms with van der Waals surface area (Å²) in [5.74, 6) is -0.393. The summed E-state index contributed by atoms with van der Waals surface area (Å²) in [4.78, 5) is 25.1. The number of carbonyl (C=O) groups excluding carboxylic acids is 2. The van der Waals surface area contributed by atoms with E-state index < -0.39 is 18.0 Å². The first kappa shape index (κ1) is 14.1. The van der Waals surface area contributed by atoms with Crippen LogP contribution in [0.5, 0.6) is 0 Å². The first-order chi connectivity index (χ1) is 7.90. The summed E-state index contributed by atoms with van der Waals surface area (Å²) in [6.07, 6.45) is 0. The third-order valence-corrected chi connectivity index (χ3v) is 4.00. The molecule has 0 bridgehead atoms. The van der Waals surface area contributed by atoms with Gasteiger partial charge in [-0.2, -0.15) is 0 Å². The van der Waals surface area contributed by atoms with Gasteiger partial charge in [-0.15, -0.1) is 11.3 Å². The molecule has 17 heavy (non-hydrogen) atoms. The molecular formula is C10H14BrN3O2S. The van der Waals surface area contributed by atoms with Crippen molar-refractivity contribution in [2.45, 2.75) is 19.5 Å². The third kappa shape index (κ3) is 4.45. The highest BCUT2D eigenvalue weighted by Crippen LogP contribution is 2.21. The number of rotatable bonds is 4. The highest BCUT2D eigenvalue weighted by molar-refractivity contribution is 9.10. The van der Waals surface area contributed by atoms with Crippen molar-refractivity contribution in [1.29, 1.82) is 0 Å². The molecule has 1 atom stereocenters. The zero-order chi connectivity index (χ0) is 13.0. The lowest BCUT2D eigenvalue weighted by Crippen LogP contribution is -2.46. The van der Waals surface area contributed by atoms with E-state index in [1.54, 1.807) is 18.3 Å². The van der Waals surface area contributed by atoms with E-state index in [0.717, 1.165) is 9.35 Å². The van der Waals surface area contributed by atoms with Gasteiger partial charge < -0.3 is 5.73 Å². The monoisotopic (exact) mass is 319 g/mol. The number of halogens is 1. The van der Waals surface area contributed by atoms with Crippen molar-refractivity contribution >= 4 is 39.2 Å². The molecule has 1 aromatic heterocycles. The van der Waals surface area contributed by atoms with Crippen molar-refractivity contribution in [3.05, 3.63) is 20.8 Å². The van der Waals surface area contributed by atoms with E-state index in [-0.39, 0.29) is 0 Å². The molecular weight excluding hydrogens is 306 g/mol. The Morgan fingerprint density at radius 3 is 2.76 bits per heavy atom. The fourth-order valence-corrected chi connectivity index (χ4v) is 2.76. The van der Waals surface area contributed by atoms with Crippen LogP contribution >= 0.6 is 27.3 Å². The number of carbonyl (C=O) groups is 2. The van der Waals surface area contributed by atoms with Crippen LogP contribution in [0.1, 0.15) is 11.8 Å². The van der Waals surface area contributed by atoms with Gasteiger partial charge in [0.05, 0.1) is 6.04 Å². The van der Waals surface area contributed by atoms with E-state index in [0.29, 0.717) is 6.54 Å². The Morgan fingerprint density at radius 2 is 2.29 bits per heavy atom. The van der Waals surface area contributed by atoms with Crippen LogP contribution in [0.4, 0.5) is 4.79 Å². The van der Waals surface area contributed by atoms with Crippen LogP contribution in [0.3, 0.4) is 0 Å². The number of nitrogens with one attached hydrogen (secondary N) is 1. The predicted octanol–water partition coefficient (Wildman–Crippen LogP) is 1.53. The van der Waals surface area contributed by atoms with Crippen molar-refractivity contribution < 1.29 is 9.59 Å². The second-order valence-corrected chi connectivity index (χ2v) is 5.59. The van der Waals surface area contributed by atoms with Crippen LogP contribution in [0.15, 0.2) is 15.9 Å². The number of hydrogen-bond donors (Lipinski definition) is 2. The third-order valence-electron chi connectivity index (χ3n) is 2.31. The second-order valence-electron chi connectivity index (χ2n) is 3.68. The van der Waals surface area contributed by atoms with Crippen LogP contribution in [-0.2, 0) is 11.3 Å². The van der Waals surface area contributed by atoms with E-state index in [1.165, 1.54) is 0 Å². The minimum absolute atomic E-state index is 0.393. The van der Waals surface area contributed by atoms with Crippen LogP contribution in [0, 0.1) is 0 Å². The molecule has 0 aliphatic carbocycles. The maximum atomic E-state index is 11.5. The Morgan fingerprint density at radius 1 is 1.65 bits per heavy atom. The number of nitrogens with two attached hydrogens (primary N) is 1. The number of amides is 3. The summed E-state index contributed by atoms with van der Waals surface area (Å²) in [6.45, 7) is 2.37. The summed E-state index contributed by atoms with van der Waals surface area (Å²) in [7, 11) is 1.82. The molecule has 1 rings (SSSR count). The molecule has 1 aromatic rings. The lowest BCUT2D eigenvalue weighted by atomic mass is 10.2. The largest absolute Gasteiger partial charge is 0.351 e. The van der Waals surface area contributed by atoms with Crippen LogP contribution in [0.2, 0.25) is 0 Å². The van der Waals surface area contributed by atoms with Crippen molar-refractivity contribution in [1.82, 2.24) is 10.2 Å². The van der Waals surface area contributed by atoms with Gasteiger partial charge in [-0.1, -0.05) is 0 Å². The Bertz CT molecular complexity index is 421. The smallest absolute Gasteiger partial charge is 0.318 e. The Kier molecular flexibility index (Phi) is 5.10. The zero-order valence-corrected chi connectivity index (χ0v) is 12.0. The lowest BCUT2D eigenvalue weighted by molar-refractivity contribution is -0.124. The quantitative estimate of drug-likeness (QED) is 0.883. The molecule has 0 aliphatic heterocycles. The maximum absolute atomic E-state index is 11.5. The fourth-order valence-electron chi connectivity index (χ4n) is 1.25. The number of imide groups is 1. The van der Waals surface area contributed by atoms with Crippen molar-refractivity contribution in [2.75, 3.05) is 7.05 Å². The van der Waals surface area contributed by atoms with Gasteiger partial charge in [0.2, 0.25) is 5.91 Å². The first-order valence-corrected chi connectivity index (χ1v) is 6.61. The number of nitrogens with zero attached hydrogens (tertiary/aromatic N) is 1. The topological polar surface area (TPSA) is 75.4 Å². The SMILES string of the molecule is C[C@H](C(=O)NC(N)=O)N(C)Cc1cc(Br)cs1. The lowest BCUT2D eigenvalue weighted by Gasteiger charge is -2.22. The molecule has 0 aromatic carbocycles. The summed E-state index contributed by atoms with van der Waals surface area (Å²) in [5.41, 5.74) is 4.89. The average Bonchev–Trinajstić information content (AvgIpc) is 2.61.